The second kappa shape index (κ2) is 6.64. The number of aryl methyl sites for hydroxylation is 1. The van der Waals surface area contributed by atoms with Crippen molar-refractivity contribution in [3.63, 3.8) is 0 Å². The number of nitrogens with one attached hydrogen (secondary N) is 1. The molecule has 0 saturated carbocycles. The van der Waals surface area contributed by atoms with Gasteiger partial charge >= 0.3 is 6.18 Å². The Hall–Kier alpha value is -2.35. The molecule has 128 valence electrons. The van der Waals surface area contributed by atoms with Gasteiger partial charge in [-0.05, 0) is 30.7 Å². The molecule has 0 spiro atoms. The molecule has 0 aliphatic carbocycles. The van der Waals surface area contributed by atoms with E-state index in [2.05, 4.69) is 5.32 Å². The minimum atomic E-state index is -4.71. The lowest BCUT2D eigenvalue weighted by Crippen LogP contribution is -2.29. The van der Waals surface area contributed by atoms with Crippen LogP contribution in [0.2, 0.25) is 5.02 Å². The molecule has 0 unspecified atom stereocenters. The number of rotatable bonds is 3. The quantitative estimate of drug-likeness (QED) is 0.848. The van der Waals surface area contributed by atoms with Crippen molar-refractivity contribution in [1.29, 1.82) is 0 Å². The van der Waals surface area contributed by atoms with Crippen LogP contribution in [0.15, 0.2) is 35.3 Å². The molecule has 2 rings (SSSR count). The van der Waals surface area contributed by atoms with E-state index in [1.807, 2.05) is 0 Å². The predicted molar refractivity (Wildman–Crippen MR) is 80.5 cm³/mol. The number of pyridine rings is 1. The summed E-state index contributed by atoms with van der Waals surface area (Å²) in [6, 6.07) is 4.42. The number of aromatic nitrogens is 1. The third-order valence-electron chi connectivity index (χ3n) is 3.14. The van der Waals surface area contributed by atoms with Gasteiger partial charge in [0.05, 0.1) is 5.56 Å². The van der Waals surface area contributed by atoms with Crippen LogP contribution >= 0.6 is 11.6 Å². The summed E-state index contributed by atoms with van der Waals surface area (Å²) in [7, 11) is 0. The average Bonchev–Trinajstić information content (AvgIpc) is 2.46. The highest BCUT2D eigenvalue weighted by Crippen LogP contribution is 2.29. The molecule has 24 heavy (non-hydrogen) atoms. The third-order valence-corrected chi connectivity index (χ3v) is 3.41. The van der Waals surface area contributed by atoms with Crippen LogP contribution in [0.5, 0.6) is 0 Å². The zero-order chi connectivity index (χ0) is 18.1. The Labute approximate surface area is 138 Å². The van der Waals surface area contributed by atoms with Gasteiger partial charge in [-0.1, -0.05) is 17.7 Å². The van der Waals surface area contributed by atoms with E-state index in [-0.39, 0.29) is 5.69 Å². The lowest BCUT2D eigenvalue weighted by atomic mass is 10.2. The molecule has 0 atom stereocenters. The summed E-state index contributed by atoms with van der Waals surface area (Å²) in [4.78, 5) is 23.6. The SMILES string of the molecule is Cc1ccc(NC(=O)Cn2cc(C(F)(F)F)cc(Cl)c2=O)cc1F. The first-order chi connectivity index (χ1) is 11.1. The monoisotopic (exact) mass is 362 g/mol. The van der Waals surface area contributed by atoms with Gasteiger partial charge in [0.1, 0.15) is 17.4 Å². The van der Waals surface area contributed by atoms with Crippen LogP contribution in [-0.4, -0.2) is 10.5 Å². The topological polar surface area (TPSA) is 51.1 Å². The first-order valence-electron chi connectivity index (χ1n) is 6.61. The van der Waals surface area contributed by atoms with Gasteiger partial charge in [-0.15, -0.1) is 0 Å². The molecule has 1 heterocycles. The van der Waals surface area contributed by atoms with Crippen LogP contribution in [0.3, 0.4) is 0 Å². The number of halogens is 5. The summed E-state index contributed by atoms with van der Waals surface area (Å²) in [6.45, 7) is 0.836. The Kier molecular flexibility index (Phi) is 4.98. The fourth-order valence-corrected chi connectivity index (χ4v) is 2.12. The van der Waals surface area contributed by atoms with Crippen LogP contribution < -0.4 is 10.9 Å². The molecule has 0 radical (unpaired) electrons. The standard InChI is InChI=1S/C15H11ClF4N2O2/c1-8-2-3-10(5-12(8)17)21-13(23)7-22-6-9(15(18,19)20)4-11(16)14(22)24/h2-6H,7H2,1H3,(H,21,23). The number of benzene rings is 1. The average molecular weight is 363 g/mol. The molecule has 2 aromatic rings. The summed E-state index contributed by atoms with van der Waals surface area (Å²) >= 11 is 5.49. The fourth-order valence-electron chi connectivity index (χ4n) is 1.90. The van der Waals surface area contributed by atoms with E-state index in [9.17, 15) is 27.2 Å². The molecular weight excluding hydrogens is 352 g/mol. The third kappa shape index (κ3) is 4.14. The molecule has 9 heteroatoms. The van der Waals surface area contributed by atoms with Crippen molar-refractivity contribution >= 4 is 23.2 Å². The van der Waals surface area contributed by atoms with E-state index in [1.54, 1.807) is 0 Å². The zero-order valence-corrected chi connectivity index (χ0v) is 13.0. The number of nitrogens with zero attached hydrogens (tertiary/aromatic N) is 1. The van der Waals surface area contributed by atoms with Crippen molar-refractivity contribution in [3.05, 3.63) is 62.8 Å². The summed E-state index contributed by atoms with van der Waals surface area (Å²) in [5, 5.41) is 1.65. The van der Waals surface area contributed by atoms with E-state index < -0.39 is 40.6 Å². The predicted octanol–water partition coefficient (Wildman–Crippen LogP) is 3.61. The fraction of sp³-hybridized carbons (Fsp3) is 0.200. The Morgan fingerprint density at radius 1 is 1.29 bits per heavy atom. The van der Waals surface area contributed by atoms with Gasteiger partial charge in [0.2, 0.25) is 5.91 Å². The number of alkyl halides is 3. The number of carbonyl (C=O) groups is 1. The first-order valence-corrected chi connectivity index (χ1v) is 6.99. The summed E-state index contributed by atoms with van der Waals surface area (Å²) in [5.74, 6) is -1.34. The van der Waals surface area contributed by atoms with Crippen molar-refractivity contribution in [1.82, 2.24) is 4.57 Å². The highest BCUT2D eigenvalue weighted by molar-refractivity contribution is 6.30. The van der Waals surface area contributed by atoms with E-state index in [0.717, 1.165) is 6.07 Å². The largest absolute Gasteiger partial charge is 0.417 e. The van der Waals surface area contributed by atoms with E-state index in [4.69, 9.17) is 11.6 Å². The first kappa shape index (κ1) is 18.0. The maximum atomic E-state index is 13.4. The van der Waals surface area contributed by atoms with Crippen molar-refractivity contribution in [2.24, 2.45) is 0 Å². The number of carbonyl (C=O) groups excluding carboxylic acids is 1. The molecular formula is C15H11ClF4N2O2. The highest BCUT2D eigenvalue weighted by Gasteiger charge is 2.32. The Bertz CT molecular complexity index is 846. The van der Waals surface area contributed by atoms with Crippen molar-refractivity contribution in [2.75, 3.05) is 5.32 Å². The summed E-state index contributed by atoms with van der Waals surface area (Å²) < 4.78 is 52.1. The number of anilines is 1. The van der Waals surface area contributed by atoms with Crippen LogP contribution in [0.4, 0.5) is 23.2 Å². The van der Waals surface area contributed by atoms with Gasteiger partial charge < -0.3 is 9.88 Å². The second-order valence-electron chi connectivity index (χ2n) is 5.02. The second-order valence-corrected chi connectivity index (χ2v) is 5.43. The van der Waals surface area contributed by atoms with Crippen LogP contribution in [0, 0.1) is 12.7 Å². The van der Waals surface area contributed by atoms with Gasteiger partial charge in [0, 0.05) is 11.9 Å². The molecule has 0 bridgehead atoms. The summed E-state index contributed by atoms with van der Waals surface area (Å²) in [6.07, 6.45) is -4.21. The maximum absolute atomic E-state index is 13.4. The maximum Gasteiger partial charge on any atom is 0.417 e. The smallest absolute Gasteiger partial charge is 0.324 e. The molecule has 4 nitrogen and oxygen atoms in total. The minimum Gasteiger partial charge on any atom is -0.324 e. The molecule has 1 aromatic heterocycles. The Balaban J connectivity index is 2.24. The van der Waals surface area contributed by atoms with Crippen molar-refractivity contribution in [2.45, 2.75) is 19.6 Å². The number of hydrogen-bond acceptors (Lipinski definition) is 2. The summed E-state index contributed by atoms with van der Waals surface area (Å²) in [5.41, 5.74) is -1.60. The zero-order valence-electron chi connectivity index (χ0n) is 12.2. The van der Waals surface area contributed by atoms with E-state index >= 15 is 0 Å². The van der Waals surface area contributed by atoms with Crippen molar-refractivity contribution < 1.29 is 22.4 Å². The molecule has 0 saturated heterocycles. The number of amides is 1. The van der Waals surface area contributed by atoms with Gasteiger partial charge in [0.25, 0.3) is 5.56 Å². The van der Waals surface area contributed by atoms with Crippen LogP contribution in [0.25, 0.3) is 0 Å². The van der Waals surface area contributed by atoms with Gasteiger partial charge in [-0.2, -0.15) is 13.2 Å². The molecule has 0 aliphatic heterocycles. The van der Waals surface area contributed by atoms with Crippen molar-refractivity contribution in [3.8, 4) is 0 Å². The van der Waals surface area contributed by atoms with Crippen LogP contribution in [0.1, 0.15) is 11.1 Å². The highest BCUT2D eigenvalue weighted by atomic mass is 35.5. The normalized spacial score (nSPS) is 11.4. The molecule has 1 aromatic carbocycles. The van der Waals surface area contributed by atoms with Gasteiger partial charge in [-0.3, -0.25) is 9.59 Å². The number of hydrogen-bond donors (Lipinski definition) is 1. The Morgan fingerprint density at radius 2 is 1.96 bits per heavy atom. The minimum absolute atomic E-state index is 0.120. The Morgan fingerprint density at radius 3 is 2.54 bits per heavy atom. The molecule has 0 fully saturated rings. The lowest BCUT2D eigenvalue weighted by Gasteiger charge is -2.12. The van der Waals surface area contributed by atoms with Gasteiger partial charge in [-0.25, -0.2) is 4.39 Å². The molecule has 1 N–H and O–H groups in total. The lowest BCUT2D eigenvalue weighted by molar-refractivity contribution is -0.138. The van der Waals surface area contributed by atoms with E-state index in [1.165, 1.54) is 19.1 Å². The molecule has 1 amide bonds. The van der Waals surface area contributed by atoms with Gasteiger partial charge in [0.15, 0.2) is 0 Å². The molecule has 0 aliphatic rings. The van der Waals surface area contributed by atoms with Crippen LogP contribution in [-0.2, 0) is 17.5 Å². The van der Waals surface area contributed by atoms with E-state index in [0.29, 0.717) is 22.4 Å².